The van der Waals surface area contributed by atoms with Crippen molar-refractivity contribution in [2.45, 2.75) is 38.3 Å². The normalized spacial score (nSPS) is 18.2. The quantitative estimate of drug-likeness (QED) is 0.849. The SMILES string of the molecule is CC(NCC(C)(O)c1ccccc1)c1ccc(N2CCCC2=O)cc1. The molecule has 4 nitrogen and oxygen atoms in total. The van der Waals surface area contributed by atoms with Crippen LogP contribution in [0.3, 0.4) is 0 Å². The largest absolute Gasteiger partial charge is 0.384 e. The number of aliphatic hydroxyl groups is 1. The van der Waals surface area contributed by atoms with Crippen molar-refractivity contribution in [3.05, 3.63) is 65.7 Å². The minimum Gasteiger partial charge on any atom is -0.384 e. The zero-order valence-electron chi connectivity index (χ0n) is 14.9. The molecule has 2 unspecified atom stereocenters. The minimum atomic E-state index is -0.919. The highest BCUT2D eigenvalue weighted by Crippen LogP contribution is 2.25. The van der Waals surface area contributed by atoms with Crippen LogP contribution in [0.5, 0.6) is 0 Å². The summed E-state index contributed by atoms with van der Waals surface area (Å²) in [5, 5.41) is 14.1. The Bertz CT molecular complexity index is 710. The maximum atomic E-state index is 11.8. The van der Waals surface area contributed by atoms with E-state index in [1.807, 2.05) is 54.3 Å². The van der Waals surface area contributed by atoms with Crippen molar-refractivity contribution in [3.8, 4) is 0 Å². The lowest BCUT2D eigenvalue weighted by Gasteiger charge is -2.27. The van der Waals surface area contributed by atoms with Crippen LogP contribution in [-0.2, 0) is 10.4 Å². The van der Waals surface area contributed by atoms with Crippen molar-refractivity contribution >= 4 is 11.6 Å². The van der Waals surface area contributed by atoms with Crippen LogP contribution in [0.2, 0.25) is 0 Å². The molecule has 132 valence electrons. The summed E-state index contributed by atoms with van der Waals surface area (Å²) in [4.78, 5) is 13.7. The number of benzene rings is 2. The van der Waals surface area contributed by atoms with Crippen molar-refractivity contribution in [3.63, 3.8) is 0 Å². The van der Waals surface area contributed by atoms with Crippen LogP contribution in [0.1, 0.15) is 43.9 Å². The zero-order valence-corrected chi connectivity index (χ0v) is 14.9. The second kappa shape index (κ2) is 7.38. The number of rotatable bonds is 6. The molecule has 25 heavy (non-hydrogen) atoms. The van der Waals surface area contributed by atoms with E-state index in [1.54, 1.807) is 0 Å². The van der Waals surface area contributed by atoms with Crippen LogP contribution in [0.25, 0.3) is 0 Å². The molecule has 2 N–H and O–H groups in total. The summed E-state index contributed by atoms with van der Waals surface area (Å²) >= 11 is 0. The van der Waals surface area contributed by atoms with Gasteiger partial charge < -0.3 is 15.3 Å². The summed E-state index contributed by atoms with van der Waals surface area (Å²) in [6.45, 7) is 5.18. The van der Waals surface area contributed by atoms with Gasteiger partial charge in [0.15, 0.2) is 0 Å². The van der Waals surface area contributed by atoms with Crippen molar-refractivity contribution < 1.29 is 9.90 Å². The number of nitrogens with zero attached hydrogens (tertiary/aromatic N) is 1. The van der Waals surface area contributed by atoms with Gasteiger partial charge >= 0.3 is 0 Å². The van der Waals surface area contributed by atoms with Gasteiger partial charge in [-0.25, -0.2) is 0 Å². The highest BCUT2D eigenvalue weighted by atomic mass is 16.3. The molecular weight excluding hydrogens is 312 g/mol. The Kier molecular flexibility index (Phi) is 5.21. The Hall–Kier alpha value is -2.17. The van der Waals surface area contributed by atoms with Crippen molar-refractivity contribution in [2.75, 3.05) is 18.0 Å². The molecule has 0 saturated carbocycles. The number of carbonyl (C=O) groups excluding carboxylic acids is 1. The number of nitrogens with one attached hydrogen (secondary N) is 1. The van der Waals surface area contributed by atoms with E-state index >= 15 is 0 Å². The first-order valence-electron chi connectivity index (χ1n) is 8.89. The van der Waals surface area contributed by atoms with Crippen LogP contribution < -0.4 is 10.2 Å². The first kappa shape index (κ1) is 17.6. The van der Waals surface area contributed by atoms with Gasteiger partial charge in [0, 0.05) is 31.2 Å². The zero-order chi connectivity index (χ0) is 17.9. The molecule has 0 radical (unpaired) electrons. The monoisotopic (exact) mass is 338 g/mol. The van der Waals surface area contributed by atoms with Crippen LogP contribution in [0.4, 0.5) is 5.69 Å². The first-order chi connectivity index (χ1) is 12.0. The molecule has 0 aromatic heterocycles. The molecule has 0 bridgehead atoms. The molecule has 2 aromatic rings. The van der Waals surface area contributed by atoms with Gasteiger partial charge in [0.2, 0.25) is 5.91 Å². The van der Waals surface area contributed by atoms with Gasteiger partial charge in [-0.1, -0.05) is 42.5 Å². The van der Waals surface area contributed by atoms with Gasteiger partial charge in [-0.3, -0.25) is 4.79 Å². The van der Waals surface area contributed by atoms with E-state index < -0.39 is 5.60 Å². The molecular formula is C21H26N2O2. The Morgan fingerprint density at radius 2 is 1.84 bits per heavy atom. The van der Waals surface area contributed by atoms with Crippen LogP contribution in [0, 0.1) is 0 Å². The fourth-order valence-electron chi connectivity index (χ4n) is 3.23. The highest BCUT2D eigenvalue weighted by Gasteiger charge is 2.24. The molecule has 0 aliphatic carbocycles. The van der Waals surface area contributed by atoms with Crippen molar-refractivity contribution in [1.29, 1.82) is 0 Å². The molecule has 1 heterocycles. The van der Waals surface area contributed by atoms with Crippen molar-refractivity contribution in [1.82, 2.24) is 5.32 Å². The maximum Gasteiger partial charge on any atom is 0.227 e. The molecule has 1 amide bonds. The third-order valence-electron chi connectivity index (χ3n) is 4.93. The Labute approximate surface area is 149 Å². The van der Waals surface area contributed by atoms with Gasteiger partial charge in [0.1, 0.15) is 0 Å². The van der Waals surface area contributed by atoms with Gasteiger partial charge in [-0.15, -0.1) is 0 Å². The summed E-state index contributed by atoms with van der Waals surface area (Å²) in [6, 6.07) is 17.9. The average molecular weight is 338 g/mol. The predicted octanol–water partition coefficient (Wildman–Crippen LogP) is 3.37. The lowest BCUT2D eigenvalue weighted by Crippen LogP contribution is -2.36. The predicted molar refractivity (Wildman–Crippen MR) is 100 cm³/mol. The van der Waals surface area contributed by atoms with E-state index in [0.29, 0.717) is 13.0 Å². The van der Waals surface area contributed by atoms with Gasteiger partial charge in [0.25, 0.3) is 0 Å². The van der Waals surface area contributed by atoms with Gasteiger partial charge in [-0.2, -0.15) is 0 Å². The van der Waals surface area contributed by atoms with E-state index in [-0.39, 0.29) is 11.9 Å². The lowest BCUT2D eigenvalue weighted by atomic mass is 9.95. The van der Waals surface area contributed by atoms with E-state index in [4.69, 9.17) is 0 Å². The third-order valence-corrected chi connectivity index (χ3v) is 4.93. The molecule has 2 atom stereocenters. The summed E-state index contributed by atoms with van der Waals surface area (Å²) in [7, 11) is 0. The highest BCUT2D eigenvalue weighted by molar-refractivity contribution is 5.95. The molecule has 1 saturated heterocycles. The molecule has 0 spiro atoms. The summed E-state index contributed by atoms with van der Waals surface area (Å²) in [5.41, 5.74) is 2.09. The smallest absolute Gasteiger partial charge is 0.227 e. The summed E-state index contributed by atoms with van der Waals surface area (Å²) in [6.07, 6.45) is 1.58. The molecule has 4 heteroatoms. The number of carbonyl (C=O) groups is 1. The van der Waals surface area contributed by atoms with Crippen LogP contribution in [-0.4, -0.2) is 24.1 Å². The lowest BCUT2D eigenvalue weighted by molar-refractivity contribution is -0.117. The number of hydrogen-bond donors (Lipinski definition) is 2. The molecule has 2 aromatic carbocycles. The molecule has 1 aliphatic heterocycles. The van der Waals surface area contributed by atoms with Crippen LogP contribution in [0.15, 0.2) is 54.6 Å². The number of amides is 1. The third kappa shape index (κ3) is 4.09. The Morgan fingerprint density at radius 3 is 2.44 bits per heavy atom. The van der Waals surface area contributed by atoms with Gasteiger partial charge in [0.05, 0.1) is 5.60 Å². The summed E-state index contributed by atoms with van der Waals surface area (Å²) in [5.74, 6) is 0.206. The Morgan fingerprint density at radius 1 is 1.16 bits per heavy atom. The van der Waals surface area contributed by atoms with E-state index in [2.05, 4.69) is 24.4 Å². The standard InChI is InChI=1S/C21H26N2O2/c1-16(22-15-21(2,25)18-7-4-3-5-8-18)17-10-12-19(13-11-17)23-14-6-9-20(23)24/h3-5,7-8,10-13,16,22,25H,6,9,14-15H2,1-2H3. The van der Waals surface area contributed by atoms with Crippen molar-refractivity contribution in [2.24, 2.45) is 0 Å². The average Bonchev–Trinajstić information content (AvgIpc) is 3.06. The van der Waals surface area contributed by atoms with E-state index in [1.165, 1.54) is 0 Å². The molecule has 1 fully saturated rings. The van der Waals surface area contributed by atoms with Crippen LogP contribution >= 0.6 is 0 Å². The molecule has 1 aliphatic rings. The maximum absolute atomic E-state index is 11.8. The van der Waals surface area contributed by atoms with E-state index in [9.17, 15) is 9.90 Å². The molecule has 3 rings (SSSR count). The summed E-state index contributed by atoms with van der Waals surface area (Å²) < 4.78 is 0. The number of hydrogen-bond acceptors (Lipinski definition) is 3. The number of anilines is 1. The van der Waals surface area contributed by atoms with Gasteiger partial charge in [-0.05, 0) is 43.5 Å². The fourth-order valence-corrected chi connectivity index (χ4v) is 3.23. The Balaban J connectivity index is 1.61. The topological polar surface area (TPSA) is 52.6 Å². The van der Waals surface area contributed by atoms with E-state index in [0.717, 1.165) is 29.8 Å². The first-order valence-corrected chi connectivity index (χ1v) is 8.89. The second-order valence-corrected chi connectivity index (χ2v) is 6.98. The fraction of sp³-hybridized carbons (Fsp3) is 0.381. The minimum absolute atomic E-state index is 0.110. The second-order valence-electron chi connectivity index (χ2n) is 6.98.